The fourth-order valence-electron chi connectivity index (χ4n) is 3.27. The molecule has 1 aliphatic heterocycles. The maximum absolute atomic E-state index is 10.9. The van der Waals surface area contributed by atoms with Gasteiger partial charge in [0.05, 0.1) is 18.8 Å². The van der Waals surface area contributed by atoms with Gasteiger partial charge >= 0.3 is 5.97 Å². The Balaban J connectivity index is 1.84. The van der Waals surface area contributed by atoms with Crippen molar-refractivity contribution in [1.29, 1.82) is 0 Å². The Morgan fingerprint density at radius 2 is 1.87 bits per heavy atom. The summed E-state index contributed by atoms with van der Waals surface area (Å²) in [6, 6.07) is 7.14. The van der Waals surface area contributed by atoms with Gasteiger partial charge in [0.15, 0.2) is 0 Å². The van der Waals surface area contributed by atoms with Crippen molar-refractivity contribution in [1.82, 2.24) is 9.80 Å². The molecule has 0 atom stereocenters. The molecule has 128 valence electrons. The highest BCUT2D eigenvalue weighted by Gasteiger charge is 2.24. The number of ether oxygens (including phenoxy) is 1. The molecule has 2 rings (SSSR count). The molecule has 5 heteroatoms. The quantitative estimate of drug-likeness (QED) is 0.834. The Kier molecular flexibility index (Phi) is 6.16. The monoisotopic (exact) mass is 320 g/mol. The summed E-state index contributed by atoms with van der Waals surface area (Å²) in [6.45, 7) is 11.2. The Morgan fingerprint density at radius 3 is 2.43 bits per heavy atom. The van der Waals surface area contributed by atoms with Crippen molar-refractivity contribution in [3.8, 4) is 0 Å². The lowest BCUT2D eigenvalue weighted by Gasteiger charge is -2.37. The molecular weight excluding hydrogens is 292 g/mol. The van der Waals surface area contributed by atoms with Crippen LogP contribution in [0.1, 0.15) is 29.8 Å². The first-order chi connectivity index (χ1) is 10.9. The number of morpholine rings is 1. The van der Waals surface area contributed by atoms with E-state index >= 15 is 0 Å². The van der Waals surface area contributed by atoms with Crippen molar-refractivity contribution in [3.05, 3.63) is 35.4 Å². The molecule has 0 saturated carbocycles. The molecule has 0 bridgehead atoms. The highest BCUT2D eigenvalue weighted by molar-refractivity contribution is 5.87. The van der Waals surface area contributed by atoms with E-state index in [9.17, 15) is 4.79 Å². The van der Waals surface area contributed by atoms with Crippen LogP contribution in [0.5, 0.6) is 0 Å². The molecule has 0 aromatic heterocycles. The number of nitrogens with zero attached hydrogens (tertiary/aromatic N) is 2. The molecule has 1 aliphatic rings. The van der Waals surface area contributed by atoms with Gasteiger partial charge < -0.3 is 14.7 Å². The first-order valence-electron chi connectivity index (χ1n) is 8.17. The summed E-state index contributed by atoms with van der Waals surface area (Å²) in [5.41, 5.74) is 1.68. The number of carboxylic acids is 1. The van der Waals surface area contributed by atoms with E-state index in [0.717, 1.165) is 51.5 Å². The molecule has 1 aromatic carbocycles. The zero-order valence-electron chi connectivity index (χ0n) is 14.4. The van der Waals surface area contributed by atoms with E-state index in [1.807, 2.05) is 12.1 Å². The van der Waals surface area contributed by atoms with E-state index in [2.05, 4.69) is 30.7 Å². The van der Waals surface area contributed by atoms with Gasteiger partial charge in [-0.1, -0.05) is 26.0 Å². The Morgan fingerprint density at radius 1 is 1.26 bits per heavy atom. The lowest BCUT2D eigenvalue weighted by Crippen LogP contribution is -2.45. The van der Waals surface area contributed by atoms with E-state index < -0.39 is 5.97 Å². The van der Waals surface area contributed by atoms with Crippen LogP contribution in [0.2, 0.25) is 0 Å². The summed E-state index contributed by atoms with van der Waals surface area (Å²) in [4.78, 5) is 15.7. The number of carboxylic acid groups (broad SMARTS) is 1. The van der Waals surface area contributed by atoms with Crippen LogP contribution in [-0.4, -0.2) is 67.3 Å². The van der Waals surface area contributed by atoms with E-state index in [1.165, 1.54) is 0 Å². The van der Waals surface area contributed by atoms with Gasteiger partial charge in [-0.3, -0.25) is 4.90 Å². The molecule has 1 aromatic rings. The van der Waals surface area contributed by atoms with Gasteiger partial charge in [-0.25, -0.2) is 4.79 Å². The number of hydrogen-bond acceptors (Lipinski definition) is 4. The molecule has 1 fully saturated rings. The number of rotatable bonds is 7. The molecule has 0 aliphatic carbocycles. The minimum absolute atomic E-state index is 0.201. The van der Waals surface area contributed by atoms with Gasteiger partial charge in [-0.2, -0.15) is 0 Å². The predicted molar refractivity (Wildman–Crippen MR) is 90.8 cm³/mol. The van der Waals surface area contributed by atoms with Gasteiger partial charge in [-0.15, -0.1) is 0 Å². The first kappa shape index (κ1) is 17.9. The van der Waals surface area contributed by atoms with E-state index in [1.54, 1.807) is 12.1 Å². The van der Waals surface area contributed by atoms with Gasteiger partial charge in [0.2, 0.25) is 0 Å². The summed E-state index contributed by atoms with van der Waals surface area (Å²) in [5.74, 6) is -0.878. The number of aromatic carboxylic acids is 1. The van der Waals surface area contributed by atoms with Crippen LogP contribution in [-0.2, 0) is 11.3 Å². The van der Waals surface area contributed by atoms with Crippen molar-refractivity contribution < 1.29 is 14.6 Å². The minimum atomic E-state index is -0.878. The maximum atomic E-state index is 10.9. The summed E-state index contributed by atoms with van der Waals surface area (Å²) < 4.78 is 5.41. The lowest BCUT2D eigenvalue weighted by molar-refractivity contribution is 0.0161. The van der Waals surface area contributed by atoms with Crippen molar-refractivity contribution in [2.45, 2.75) is 20.4 Å². The Hall–Kier alpha value is -1.43. The van der Waals surface area contributed by atoms with Crippen LogP contribution in [0.15, 0.2) is 24.3 Å². The van der Waals surface area contributed by atoms with Crippen LogP contribution < -0.4 is 0 Å². The van der Waals surface area contributed by atoms with E-state index in [4.69, 9.17) is 9.84 Å². The van der Waals surface area contributed by atoms with E-state index in [-0.39, 0.29) is 5.41 Å². The predicted octanol–water partition coefficient (Wildman–Crippen LogP) is 2.17. The summed E-state index contributed by atoms with van der Waals surface area (Å²) >= 11 is 0. The highest BCUT2D eigenvalue weighted by atomic mass is 16.5. The average Bonchev–Trinajstić information content (AvgIpc) is 2.47. The van der Waals surface area contributed by atoms with Crippen LogP contribution in [0.4, 0.5) is 0 Å². The third-order valence-electron chi connectivity index (χ3n) is 4.11. The topological polar surface area (TPSA) is 53.0 Å². The summed E-state index contributed by atoms with van der Waals surface area (Å²) in [5, 5.41) is 8.94. The fraction of sp³-hybridized carbons (Fsp3) is 0.611. The van der Waals surface area contributed by atoms with Crippen LogP contribution in [0.3, 0.4) is 0 Å². The zero-order valence-corrected chi connectivity index (χ0v) is 14.4. The van der Waals surface area contributed by atoms with Gasteiger partial charge in [-0.05, 0) is 30.2 Å². The molecule has 5 nitrogen and oxygen atoms in total. The van der Waals surface area contributed by atoms with Crippen LogP contribution in [0, 0.1) is 5.41 Å². The van der Waals surface area contributed by atoms with Gasteiger partial charge in [0, 0.05) is 32.7 Å². The van der Waals surface area contributed by atoms with Crippen LogP contribution >= 0.6 is 0 Å². The van der Waals surface area contributed by atoms with Gasteiger partial charge in [0.1, 0.15) is 0 Å². The molecule has 23 heavy (non-hydrogen) atoms. The molecule has 1 N–H and O–H groups in total. The van der Waals surface area contributed by atoms with Crippen molar-refractivity contribution >= 4 is 5.97 Å². The zero-order chi connectivity index (χ0) is 16.9. The average molecular weight is 320 g/mol. The smallest absolute Gasteiger partial charge is 0.335 e. The van der Waals surface area contributed by atoms with Crippen molar-refractivity contribution in [3.63, 3.8) is 0 Å². The SMILES string of the molecule is CN(Cc1ccc(C(=O)O)cc1)CC(C)(C)CN1CCOCC1. The third-order valence-corrected chi connectivity index (χ3v) is 4.11. The van der Waals surface area contributed by atoms with Crippen LogP contribution in [0.25, 0.3) is 0 Å². The summed E-state index contributed by atoms with van der Waals surface area (Å²) in [7, 11) is 2.12. The third kappa shape index (κ3) is 5.94. The first-order valence-corrected chi connectivity index (χ1v) is 8.17. The molecule has 0 spiro atoms. The van der Waals surface area contributed by atoms with Gasteiger partial charge in [0.25, 0.3) is 0 Å². The minimum Gasteiger partial charge on any atom is -0.478 e. The number of hydrogen-bond donors (Lipinski definition) is 1. The lowest BCUT2D eigenvalue weighted by atomic mass is 9.91. The summed E-state index contributed by atoms with van der Waals surface area (Å²) in [6.07, 6.45) is 0. The Labute approximate surface area is 138 Å². The van der Waals surface area contributed by atoms with Crippen molar-refractivity contribution in [2.24, 2.45) is 5.41 Å². The maximum Gasteiger partial charge on any atom is 0.335 e. The largest absolute Gasteiger partial charge is 0.478 e. The fourth-order valence-corrected chi connectivity index (χ4v) is 3.27. The normalized spacial score (nSPS) is 16.7. The number of carbonyl (C=O) groups is 1. The second kappa shape index (κ2) is 7.90. The second-order valence-corrected chi connectivity index (χ2v) is 7.23. The van der Waals surface area contributed by atoms with Crippen molar-refractivity contribution in [2.75, 3.05) is 46.4 Å². The van der Waals surface area contributed by atoms with E-state index in [0.29, 0.717) is 5.56 Å². The molecule has 0 radical (unpaired) electrons. The highest BCUT2D eigenvalue weighted by Crippen LogP contribution is 2.20. The molecule has 1 saturated heterocycles. The molecule has 0 amide bonds. The molecule has 0 unspecified atom stereocenters. The standard InChI is InChI=1S/C18H28N2O3/c1-18(2,14-20-8-10-23-11-9-20)13-19(3)12-15-4-6-16(7-5-15)17(21)22/h4-7H,8-14H2,1-3H3,(H,21,22). The second-order valence-electron chi connectivity index (χ2n) is 7.23. The Bertz CT molecular complexity index is 508. The number of benzene rings is 1. The molecule has 1 heterocycles. The molecular formula is C18H28N2O3.